The molecule has 0 radical (unpaired) electrons. The van der Waals surface area contributed by atoms with Gasteiger partial charge in [-0.2, -0.15) is 0 Å². The Kier molecular flexibility index (Phi) is 5.63. The fourth-order valence-electron chi connectivity index (χ4n) is 2.03. The first-order valence-corrected chi connectivity index (χ1v) is 8.51. The number of carboxylic acid groups (broad SMARTS) is 1. The molecule has 1 fully saturated rings. The van der Waals surface area contributed by atoms with Crippen LogP contribution in [0.5, 0.6) is 0 Å². The molecule has 0 aliphatic carbocycles. The average molecular weight is 328 g/mol. The molecule has 6 nitrogen and oxygen atoms in total. The molecule has 2 amide bonds. The highest BCUT2D eigenvalue weighted by molar-refractivity contribution is 8.00. The van der Waals surface area contributed by atoms with Crippen LogP contribution in [-0.4, -0.2) is 70.4 Å². The molecule has 8 heteroatoms. The van der Waals surface area contributed by atoms with Crippen molar-refractivity contribution in [2.75, 3.05) is 37.7 Å². The maximum absolute atomic E-state index is 12.1. The van der Waals surface area contributed by atoms with Crippen LogP contribution < -0.4 is 0 Å². The van der Waals surface area contributed by atoms with Gasteiger partial charge >= 0.3 is 5.97 Å². The molecule has 1 aliphatic rings. The van der Waals surface area contributed by atoms with E-state index in [0.29, 0.717) is 31.1 Å². The van der Waals surface area contributed by atoms with E-state index < -0.39 is 5.97 Å². The molecule has 1 aliphatic heterocycles. The van der Waals surface area contributed by atoms with Crippen molar-refractivity contribution >= 4 is 40.9 Å². The number of rotatable bonds is 5. The summed E-state index contributed by atoms with van der Waals surface area (Å²) in [5, 5.41) is 10.4. The number of hydrogen-bond acceptors (Lipinski definition) is 5. The molecule has 1 aromatic heterocycles. The number of piperazine rings is 1. The topological polar surface area (TPSA) is 77.9 Å². The fourth-order valence-corrected chi connectivity index (χ4v) is 3.36. The molecule has 21 heavy (non-hydrogen) atoms. The van der Waals surface area contributed by atoms with Crippen LogP contribution in [-0.2, 0) is 9.59 Å². The summed E-state index contributed by atoms with van der Waals surface area (Å²) in [5.41, 5.74) is 0. The van der Waals surface area contributed by atoms with Crippen LogP contribution in [0.4, 0.5) is 0 Å². The van der Waals surface area contributed by atoms with Gasteiger partial charge in [0.25, 0.3) is 5.91 Å². The Morgan fingerprint density at radius 2 is 1.81 bits per heavy atom. The second-order valence-corrected chi connectivity index (χ2v) is 6.47. The van der Waals surface area contributed by atoms with Crippen molar-refractivity contribution in [2.24, 2.45) is 0 Å². The molecule has 0 spiro atoms. The Hall–Kier alpha value is -1.54. The van der Waals surface area contributed by atoms with Gasteiger partial charge in [-0.3, -0.25) is 14.4 Å². The number of carbonyl (C=O) groups excluding carboxylic acids is 2. The van der Waals surface area contributed by atoms with E-state index in [1.807, 2.05) is 11.4 Å². The summed E-state index contributed by atoms with van der Waals surface area (Å²) in [6.45, 7) is 2.05. The van der Waals surface area contributed by atoms with Crippen LogP contribution in [0.3, 0.4) is 0 Å². The molecule has 1 N–H and O–H groups in total. The van der Waals surface area contributed by atoms with Gasteiger partial charge in [-0.1, -0.05) is 6.07 Å². The van der Waals surface area contributed by atoms with Gasteiger partial charge in [0, 0.05) is 26.2 Å². The number of thioether (sulfide) groups is 1. The summed E-state index contributed by atoms with van der Waals surface area (Å²) in [4.78, 5) is 38.6. The van der Waals surface area contributed by atoms with Gasteiger partial charge in [-0.05, 0) is 11.4 Å². The Balaban J connectivity index is 1.76. The molecule has 2 heterocycles. The molecule has 0 saturated carbocycles. The Bertz CT molecular complexity index is 510. The van der Waals surface area contributed by atoms with Gasteiger partial charge in [0.15, 0.2) is 0 Å². The lowest BCUT2D eigenvalue weighted by molar-refractivity contribution is -0.133. The highest BCUT2D eigenvalue weighted by Crippen LogP contribution is 2.14. The van der Waals surface area contributed by atoms with Gasteiger partial charge in [-0.15, -0.1) is 23.1 Å². The first-order chi connectivity index (χ1) is 10.1. The highest BCUT2D eigenvalue weighted by atomic mass is 32.2. The van der Waals surface area contributed by atoms with E-state index in [1.165, 1.54) is 11.3 Å². The smallest absolute Gasteiger partial charge is 0.313 e. The van der Waals surface area contributed by atoms with Crippen LogP contribution >= 0.6 is 23.1 Å². The predicted molar refractivity (Wildman–Crippen MR) is 81.8 cm³/mol. The van der Waals surface area contributed by atoms with Crippen molar-refractivity contribution in [2.45, 2.75) is 0 Å². The van der Waals surface area contributed by atoms with Crippen LogP contribution in [0, 0.1) is 0 Å². The molecule has 1 saturated heterocycles. The molecule has 0 unspecified atom stereocenters. The first kappa shape index (κ1) is 15.8. The number of carboxylic acids is 1. The zero-order valence-electron chi connectivity index (χ0n) is 11.4. The lowest BCUT2D eigenvalue weighted by atomic mass is 10.3. The van der Waals surface area contributed by atoms with E-state index in [1.54, 1.807) is 15.9 Å². The fraction of sp³-hybridized carbons (Fsp3) is 0.462. The van der Waals surface area contributed by atoms with E-state index in [0.717, 1.165) is 11.8 Å². The summed E-state index contributed by atoms with van der Waals surface area (Å²) in [6.07, 6.45) is 0. The normalized spacial score (nSPS) is 15.0. The maximum atomic E-state index is 12.1. The van der Waals surface area contributed by atoms with E-state index in [2.05, 4.69) is 0 Å². The number of nitrogens with zero attached hydrogens (tertiary/aromatic N) is 2. The van der Waals surface area contributed by atoms with Crippen LogP contribution in [0.25, 0.3) is 0 Å². The van der Waals surface area contributed by atoms with Gasteiger partial charge in [0.05, 0.1) is 16.4 Å². The van der Waals surface area contributed by atoms with E-state index in [-0.39, 0.29) is 23.3 Å². The van der Waals surface area contributed by atoms with Gasteiger partial charge in [0.1, 0.15) is 0 Å². The van der Waals surface area contributed by atoms with Gasteiger partial charge in [0.2, 0.25) is 5.91 Å². The van der Waals surface area contributed by atoms with Crippen LogP contribution in [0.2, 0.25) is 0 Å². The summed E-state index contributed by atoms with van der Waals surface area (Å²) in [5.74, 6) is -0.866. The van der Waals surface area contributed by atoms with Gasteiger partial charge in [-0.25, -0.2) is 0 Å². The third-order valence-electron chi connectivity index (χ3n) is 3.10. The van der Waals surface area contributed by atoms with Crippen molar-refractivity contribution in [1.29, 1.82) is 0 Å². The molecular weight excluding hydrogens is 312 g/mol. The minimum absolute atomic E-state index is 0.0114. The van der Waals surface area contributed by atoms with E-state index >= 15 is 0 Å². The zero-order valence-corrected chi connectivity index (χ0v) is 13.0. The third kappa shape index (κ3) is 4.47. The lowest BCUT2D eigenvalue weighted by Gasteiger charge is -2.34. The van der Waals surface area contributed by atoms with Crippen LogP contribution in [0.1, 0.15) is 9.67 Å². The lowest BCUT2D eigenvalue weighted by Crippen LogP contribution is -2.51. The number of hydrogen-bond donors (Lipinski definition) is 1. The molecular formula is C13H16N2O4S2. The standard InChI is InChI=1S/C13H16N2O4S2/c16-11(8-20-9-12(17)18)14-3-5-15(6-4-14)13(19)10-2-1-7-21-10/h1-2,7H,3-6,8-9H2,(H,17,18). The first-order valence-electron chi connectivity index (χ1n) is 6.48. The minimum Gasteiger partial charge on any atom is -0.481 e. The highest BCUT2D eigenvalue weighted by Gasteiger charge is 2.25. The van der Waals surface area contributed by atoms with E-state index in [9.17, 15) is 14.4 Å². The zero-order chi connectivity index (χ0) is 15.2. The summed E-state index contributed by atoms with van der Waals surface area (Å²) in [6, 6.07) is 3.64. The quantitative estimate of drug-likeness (QED) is 0.867. The monoisotopic (exact) mass is 328 g/mol. The molecule has 0 bridgehead atoms. The number of aliphatic carboxylic acids is 1. The number of carbonyl (C=O) groups is 3. The summed E-state index contributed by atoms with van der Waals surface area (Å²) in [7, 11) is 0. The number of amides is 2. The van der Waals surface area contributed by atoms with Crippen molar-refractivity contribution < 1.29 is 19.5 Å². The SMILES string of the molecule is O=C(O)CSCC(=O)N1CCN(C(=O)c2cccs2)CC1. The third-order valence-corrected chi connectivity index (χ3v) is 4.86. The molecule has 2 rings (SSSR count). The molecule has 0 atom stereocenters. The van der Waals surface area contributed by atoms with E-state index in [4.69, 9.17) is 5.11 Å². The van der Waals surface area contributed by atoms with Crippen molar-refractivity contribution in [1.82, 2.24) is 9.80 Å². The number of thiophene rings is 1. The Morgan fingerprint density at radius 1 is 1.14 bits per heavy atom. The Labute approximate surface area is 130 Å². The molecule has 1 aromatic rings. The summed E-state index contributed by atoms with van der Waals surface area (Å²) >= 11 is 2.51. The van der Waals surface area contributed by atoms with Gasteiger partial charge < -0.3 is 14.9 Å². The van der Waals surface area contributed by atoms with Crippen LogP contribution in [0.15, 0.2) is 17.5 Å². The summed E-state index contributed by atoms with van der Waals surface area (Å²) < 4.78 is 0. The molecule has 114 valence electrons. The minimum atomic E-state index is -0.917. The van der Waals surface area contributed by atoms with Crippen molar-refractivity contribution in [3.8, 4) is 0 Å². The average Bonchev–Trinajstić information content (AvgIpc) is 3.00. The van der Waals surface area contributed by atoms with Crippen molar-refractivity contribution in [3.63, 3.8) is 0 Å². The predicted octanol–water partition coefficient (Wildman–Crippen LogP) is 0.850. The molecule has 0 aromatic carbocycles. The second-order valence-electron chi connectivity index (χ2n) is 4.54. The van der Waals surface area contributed by atoms with Crippen molar-refractivity contribution in [3.05, 3.63) is 22.4 Å². The second kappa shape index (κ2) is 7.46. The maximum Gasteiger partial charge on any atom is 0.313 e. The largest absolute Gasteiger partial charge is 0.481 e. The Morgan fingerprint density at radius 3 is 2.38 bits per heavy atom.